The number of nitrogens with zero attached hydrogens (tertiary/aromatic N) is 4. The smallest absolute Gasteiger partial charge is 0.387 e. The molecule has 1 saturated heterocycles. The number of likely N-dealkylation sites (tertiary alicyclic amines) is 1. The molecule has 1 aliphatic heterocycles. The number of hydrogen-bond donors (Lipinski definition) is 0. The van der Waals surface area contributed by atoms with Crippen molar-refractivity contribution in [3.8, 4) is 16.9 Å². The van der Waals surface area contributed by atoms with Crippen LogP contribution in [0.2, 0.25) is 0 Å². The molecule has 0 spiro atoms. The highest BCUT2D eigenvalue weighted by molar-refractivity contribution is 5.81. The quantitative estimate of drug-likeness (QED) is 0.671. The minimum absolute atomic E-state index is 0.109. The Morgan fingerprint density at radius 2 is 2.07 bits per heavy atom. The third kappa shape index (κ3) is 3.51. The molecule has 0 saturated carbocycles. The van der Waals surface area contributed by atoms with Crippen LogP contribution in [0.15, 0.2) is 36.7 Å². The first-order valence-corrected chi connectivity index (χ1v) is 8.71. The molecule has 3 heterocycles. The monoisotopic (exact) mass is 390 g/mol. The predicted molar refractivity (Wildman–Crippen MR) is 95.3 cm³/mol. The second kappa shape index (κ2) is 7.14. The third-order valence-electron chi connectivity index (χ3n) is 4.83. The molecule has 1 aliphatic rings. The van der Waals surface area contributed by atoms with E-state index in [-0.39, 0.29) is 11.8 Å². The lowest BCUT2D eigenvalue weighted by atomic mass is 10.1. The minimum Gasteiger partial charge on any atom is -0.432 e. The number of hydrogen-bond acceptors (Lipinski definition) is 4. The summed E-state index contributed by atoms with van der Waals surface area (Å²) in [5.74, 6) is -1.12. The molecule has 1 fully saturated rings. The predicted octanol–water partition coefficient (Wildman–Crippen LogP) is 3.32. The Morgan fingerprint density at radius 3 is 2.79 bits per heavy atom. The van der Waals surface area contributed by atoms with Gasteiger partial charge in [0.1, 0.15) is 5.52 Å². The molecule has 0 radical (unpaired) electrons. The summed E-state index contributed by atoms with van der Waals surface area (Å²) in [6.45, 7) is -1.88. The second-order valence-corrected chi connectivity index (χ2v) is 6.82. The van der Waals surface area contributed by atoms with Crippen LogP contribution in [0.4, 0.5) is 13.2 Å². The molecule has 1 atom stereocenters. The highest BCUT2D eigenvalue weighted by Gasteiger charge is 2.27. The van der Waals surface area contributed by atoms with Crippen LogP contribution < -0.4 is 4.74 Å². The van der Waals surface area contributed by atoms with E-state index in [2.05, 4.69) is 14.8 Å². The highest BCUT2D eigenvalue weighted by Crippen LogP contribution is 2.29. The molecule has 4 rings (SSSR count). The van der Waals surface area contributed by atoms with Gasteiger partial charge in [-0.2, -0.15) is 13.9 Å². The summed E-state index contributed by atoms with van der Waals surface area (Å²) in [5, 5.41) is 4.36. The fourth-order valence-electron chi connectivity index (χ4n) is 3.45. The van der Waals surface area contributed by atoms with E-state index >= 15 is 0 Å². The number of halogens is 3. The number of fused-ring (bicyclic) bond motifs is 1. The van der Waals surface area contributed by atoms with Gasteiger partial charge in [0, 0.05) is 44.2 Å². The van der Waals surface area contributed by atoms with E-state index in [9.17, 15) is 18.0 Å². The molecular formula is C19H17F3N4O2. The highest BCUT2D eigenvalue weighted by atomic mass is 19.3. The summed E-state index contributed by atoms with van der Waals surface area (Å²) in [4.78, 5) is 17.8. The average Bonchev–Trinajstić information content (AvgIpc) is 3.19. The summed E-state index contributed by atoms with van der Waals surface area (Å²) in [5.41, 5.74) is 2.54. The van der Waals surface area contributed by atoms with Crippen molar-refractivity contribution in [1.82, 2.24) is 19.7 Å². The molecule has 0 aliphatic carbocycles. The first-order chi connectivity index (χ1) is 13.4. The van der Waals surface area contributed by atoms with Crippen LogP contribution in [0.3, 0.4) is 0 Å². The van der Waals surface area contributed by atoms with E-state index in [0.717, 1.165) is 11.6 Å². The maximum Gasteiger partial charge on any atom is 0.387 e. The number of ether oxygens (including phenoxy) is 1. The van der Waals surface area contributed by atoms with E-state index in [1.165, 1.54) is 12.1 Å². The summed E-state index contributed by atoms with van der Waals surface area (Å²) in [6.07, 6.45) is 3.67. The summed E-state index contributed by atoms with van der Waals surface area (Å²) in [7, 11) is 1.77. The molecule has 146 valence electrons. The lowest BCUT2D eigenvalue weighted by molar-refractivity contribution is -0.126. The van der Waals surface area contributed by atoms with Gasteiger partial charge < -0.3 is 9.64 Å². The molecule has 0 N–H and O–H groups in total. The zero-order chi connectivity index (χ0) is 19.8. The van der Waals surface area contributed by atoms with Gasteiger partial charge in [-0.1, -0.05) is 6.07 Å². The van der Waals surface area contributed by atoms with E-state index in [1.807, 2.05) is 6.07 Å². The number of carbonyl (C=O) groups excluding carboxylic acids is 1. The van der Waals surface area contributed by atoms with Crippen molar-refractivity contribution in [2.24, 2.45) is 5.92 Å². The Hall–Kier alpha value is -3.10. The van der Waals surface area contributed by atoms with Gasteiger partial charge in [-0.3, -0.25) is 14.5 Å². The largest absolute Gasteiger partial charge is 0.432 e. The fraction of sp³-hybridized carbons (Fsp3) is 0.316. The normalized spacial score (nSPS) is 17.1. The molecule has 28 heavy (non-hydrogen) atoms. The van der Waals surface area contributed by atoms with Crippen molar-refractivity contribution in [3.63, 3.8) is 0 Å². The van der Waals surface area contributed by atoms with Crippen LogP contribution in [-0.2, 0) is 11.3 Å². The van der Waals surface area contributed by atoms with Crippen molar-refractivity contribution in [3.05, 3.63) is 42.5 Å². The standard InChI is InChI=1S/C19H17F3N4O2/c1-25-9-11(4-18(25)27)10-26-16-5-13(7-23-15(16)8-24-26)12-2-3-14(20)17(6-12)28-19(21)22/h2-3,5-8,11,19H,4,9-10H2,1H3. The Bertz CT molecular complexity index is 1040. The van der Waals surface area contributed by atoms with E-state index in [1.54, 1.807) is 29.0 Å². The SMILES string of the molecule is CN1CC(Cn2ncc3ncc(-c4ccc(F)c(OC(F)F)c4)cc32)CC1=O. The molecular weight excluding hydrogens is 373 g/mol. The Labute approximate surface area is 158 Å². The molecule has 1 unspecified atom stereocenters. The van der Waals surface area contributed by atoms with Crippen LogP contribution in [0.25, 0.3) is 22.2 Å². The van der Waals surface area contributed by atoms with Crippen molar-refractivity contribution < 1.29 is 22.7 Å². The van der Waals surface area contributed by atoms with Gasteiger partial charge in [0.15, 0.2) is 11.6 Å². The van der Waals surface area contributed by atoms with Crippen molar-refractivity contribution in [1.29, 1.82) is 0 Å². The summed E-state index contributed by atoms with van der Waals surface area (Å²) in [6, 6.07) is 5.58. The fourth-order valence-corrected chi connectivity index (χ4v) is 3.45. The van der Waals surface area contributed by atoms with Gasteiger partial charge in [-0.15, -0.1) is 0 Å². The molecule has 2 aromatic heterocycles. The van der Waals surface area contributed by atoms with E-state index < -0.39 is 18.2 Å². The van der Waals surface area contributed by atoms with Gasteiger partial charge in [0.2, 0.25) is 5.91 Å². The van der Waals surface area contributed by atoms with Crippen LogP contribution in [0.1, 0.15) is 6.42 Å². The number of alkyl halides is 2. The van der Waals surface area contributed by atoms with Gasteiger partial charge in [-0.05, 0) is 23.8 Å². The first-order valence-electron chi connectivity index (χ1n) is 8.71. The maximum absolute atomic E-state index is 13.7. The number of benzene rings is 1. The second-order valence-electron chi connectivity index (χ2n) is 6.82. The maximum atomic E-state index is 13.7. The van der Waals surface area contributed by atoms with E-state index in [0.29, 0.717) is 36.2 Å². The van der Waals surface area contributed by atoms with Gasteiger partial charge in [-0.25, -0.2) is 4.39 Å². The first kappa shape index (κ1) is 18.3. The van der Waals surface area contributed by atoms with Gasteiger partial charge in [0.25, 0.3) is 0 Å². The molecule has 9 heteroatoms. The van der Waals surface area contributed by atoms with Crippen LogP contribution in [0.5, 0.6) is 5.75 Å². The van der Waals surface area contributed by atoms with Crippen LogP contribution in [0, 0.1) is 11.7 Å². The number of amides is 1. The minimum atomic E-state index is -3.11. The number of aromatic nitrogens is 3. The molecule has 0 bridgehead atoms. The van der Waals surface area contributed by atoms with Gasteiger partial charge in [0.05, 0.1) is 11.7 Å². The summed E-state index contributed by atoms with van der Waals surface area (Å²) >= 11 is 0. The summed E-state index contributed by atoms with van der Waals surface area (Å²) < 4.78 is 44.6. The van der Waals surface area contributed by atoms with Crippen molar-refractivity contribution in [2.45, 2.75) is 19.6 Å². The number of rotatable bonds is 5. The van der Waals surface area contributed by atoms with Crippen LogP contribution in [-0.4, -0.2) is 45.8 Å². The number of carbonyl (C=O) groups is 1. The molecule has 1 amide bonds. The zero-order valence-electron chi connectivity index (χ0n) is 15.0. The lowest BCUT2D eigenvalue weighted by Crippen LogP contribution is -2.20. The molecule has 3 aromatic rings. The third-order valence-corrected chi connectivity index (χ3v) is 4.83. The topological polar surface area (TPSA) is 60.3 Å². The number of pyridine rings is 1. The lowest BCUT2D eigenvalue weighted by Gasteiger charge is -2.12. The molecule has 6 nitrogen and oxygen atoms in total. The van der Waals surface area contributed by atoms with Crippen molar-refractivity contribution in [2.75, 3.05) is 13.6 Å². The Morgan fingerprint density at radius 1 is 1.25 bits per heavy atom. The van der Waals surface area contributed by atoms with Crippen molar-refractivity contribution >= 4 is 16.9 Å². The Balaban J connectivity index is 1.65. The Kier molecular flexibility index (Phi) is 4.66. The van der Waals surface area contributed by atoms with Gasteiger partial charge >= 0.3 is 6.61 Å². The zero-order valence-corrected chi connectivity index (χ0v) is 15.0. The average molecular weight is 390 g/mol. The van der Waals surface area contributed by atoms with Crippen LogP contribution >= 0.6 is 0 Å². The van der Waals surface area contributed by atoms with E-state index in [4.69, 9.17) is 0 Å². The molecule has 1 aromatic carbocycles.